The van der Waals surface area contributed by atoms with E-state index < -0.39 is 0 Å². The number of ether oxygens (including phenoxy) is 3. The van der Waals surface area contributed by atoms with Crippen molar-refractivity contribution in [1.82, 2.24) is 0 Å². The van der Waals surface area contributed by atoms with Crippen molar-refractivity contribution in [3.05, 3.63) is 23.8 Å². The number of nitriles is 1. The third-order valence-electron chi connectivity index (χ3n) is 2.92. The summed E-state index contributed by atoms with van der Waals surface area (Å²) in [5.74, 6) is 1.39. The van der Waals surface area contributed by atoms with Crippen LogP contribution in [0.5, 0.6) is 11.5 Å². The van der Waals surface area contributed by atoms with Crippen LogP contribution in [0, 0.1) is 11.3 Å². The SMILES string of the molecule is COc1ccc(CC#N)cc1OC1CCCOC1. The molecule has 1 aromatic rings. The van der Waals surface area contributed by atoms with Crippen LogP contribution in [-0.2, 0) is 11.2 Å². The van der Waals surface area contributed by atoms with Crippen molar-refractivity contribution < 1.29 is 14.2 Å². The maximum absolute atomic E-state index is 8.72. The lowest BCUT2D eigenvalue weighted by Gasteiger charge is -2.24. The van der Waals surface area contributed by atoms with E-state index in [-0.39, 0.29) is 6.10 Å². The molecule has 2 rings (SSSR count). The van der Waals surface area contributed by atoms with Crippen molar-refractivity contribution in [3.63, 3.8) is 0 Å². The first-order valence-corrected chi connectivity index (χ1v) is 6.11. The van der Waals surface area contributed by atoms with Crippen molar-refractivity contribution in [1.29, 1.82) is 5.26 Å². The molecule has 1 unspecified atom stereocenters. The summed E-state index contributed by atoms with van der Waals surface area (Å²) in [6.07, 6.45) is 2.46. The minimum absolute atomic E-state index is 0.0741. The second-order valence-corrected chi connectivity index (χ2v) is 4.28. The Morgan fingerprint density at radius 3 is 3.00 bits per heavy atom. The highest BCUT2D eigenvalue weighted by Crippen LogP contribution is 2.30. The standard InChI is InChI=1S/C14H17NO3/c1-16-13-5-4-11(6-7-15)9-14(13)18-12-3-2-8-17-10-12/h4-5,9,12H,2-3,6,8,10H2,1H3. The van der Waals surface area contributed by atoms with Gasteiger partial charge in [0.15, 0.2) is 11.5 Å². The third kappa shape index (κ3) is 3.14. The predicted molar refractivity (Wildman–Crippen MR) is 66.8 cm³/mol. The summed E-state index contributed by atoms with van der Waals surface area (Å²) >= 11 is 0. The summed E-state index contributed by atoms with van der Waals surface area (Å²) in [5.41, 5.74) is 0.935. The van der Waals surface area contributed by atoms with Gasteiger partial charge in [0.2, 0.25) is 0 Å². The Hall–Kier alpha value is -1.73. The van der Waals surface area contributed by atoms with Crippen LogP contribution in [0.1, 0.15) is 18.4 Å². The quantitative estimate of drug-likeness (QED) is 0.819. The largest absolute Gasteiger partial charge is 0.493 e. The van der Waals surface area contributed by atoms with E-state index in [4.69, 9.17) is 19.5 Å². The first-order chi connectivity index (χ1) is 8.83. The van der Waals surface area contributed by atoms with Crippen LogP contribution >= 0.6 is 0 Å². The van der Waals surface area contributed by atoms with Gasteiger partial charge in [0, 0.05) is 6.61 Å². The lowest BCUT2D eigenvalue weighted by molar-refractivity contribution is 0.00642. The molecule has 0 radical (unpaired) electrons. The molecule has 0 aromatic heterocycles. The maximum Gasteiger partial charge on any atom is 0.162 e. The molecule has 0 spiro atoms. The number of methoxy groups -OCH3 is 1. The minimum atomic E-state index is 0.0741. The molecule has 1 atom stereocenters. The Kier molecular flexibility index (Phi) is 4.43. The van der Waals surface area contributed by atoms with E-state index in [1.807, 2.05) is 18.2 Å². The molecule has 96 valence electrons. The van der Waals surface area contributed by atoms with Crippen molar-refractivity contribution in [2.45, 2.75) is 25.4 Å². The Labute approximate surface area is 107 Å². The second-order valence-electron chi connectivity index (χ2n) is 4.28. The van der Waals surface area contributed by atoms with E-state index in [0.29, 0.717) is 24.5 Å². The first kappa shape index (κ1) is 12.7. The van der Waals surface area contributed by atoms with Gasteiger partial charge >= 0.3 is 0 Å². The van der Waals surface area contributed by atoms with Gasteiger partial charge < -0.3 is 14.2 Å². The third-order valence-corrected chi connectivity index (χ3v) is 2.92. The van der Waals surface area contributed by atoms with E-state index in [1.54, 1.807) is 7.11 Å². The fraction of sp³-hybridized carbons (Fsp3) is 0.500. The second kappa shape index (κ2) is 6.27. The van der Waals surface area contributed by atoms with Crippen molar-refractivity contribution in [2.75, 3.05) is 20.3 Å². The zero-order chi connectivity index (χ0) is 12.8. The van der Waals surface area contributed by atoms with Crippen LogP contribution in [0.4, 0.5) is 0 Å². The molecule has 1 aliphatic heterocycles. The maximum atomic E-state index is 8.72. The molecule has 0 bridgehead atoms. The highest BCUT2D eigenvalue weighted by atomic mass is 16.5. The molecular weight excluding hydrogens is 230 g/mol. The summed E-state index contributed by atoms with van der Waals surface area (Å²) in [4.78, 5) is 0. The Morgan fingerprint density at radius 2 is 2.33 bits per heavy atom. The van der Waals surface area contributed by atoms with E-state index in [9.17, 15) is 0 Å². The highest BCUT2D eigenvalue weighted by molar-refractivity contribution is 5.43. The molecule has 1 aromatic carbocycles. The summed E-state index contributed by atoms with van der Waals surface area (Å²) in [5, 5.41) is 8.72. The predicted octanol–water partition coefficient (Wildman–Crippen LogP) is 2.32. The Bertz CT molecular complexity index is 433. The average Bonchev–Trinajstić information content (AvgIpc) is 2.41. The molecular formula is C14H17NO3. The summed E-state index contributed by atoms with van der Waals surface area (Å²) in [7, 11) is 1.61. The number of rotatable bonds is 4. The van der Waals surface area contributed by atoms with E-state index >= 15 is 0 Å². The smallest absolute Gasteiger partial charge is 0.162 e. The van der Waals surface area contributed by atoms with Gasteiger partial charge in [0.1, 0.15) is 6.10 Å². The van der Waals surface area contributed by atoms with Gasteiger partial charge in [0.05, 0.1) is 26.2 Å². The van der Waals surface area contributed by atoms with E-state index in [0.717, 1.165) is 25.0 Å². The van der Waals surface area contributed by atoms with Crippen LogP contribution in [0.15, 0.2) is 18.2 Å². The number of hydrogen-bond acceptors (Lipinski definition) is 4. The molecule has 1 fully saturated rings. The lowest BCUT2D eigenvalue weighted by Crippen LogP contribution is -2.28. The lowest BCUT2D eigenvalue weighted by atomic mass is 10.1. The van der Waals surface area contributed by atoms with Gasteiger partial charge in [-0.25, -0.2) is 0 Å². The van der Waals surface area contributed by atoms with Gasteiger partial charge in [-0.15, -0.1) is 0 Å². The van der Waals surface area contributed by atoms with Crippen LogP contribution in [0.25, 0.3) is 0 Å². The summed E-state index contributed by atoms with van der Waals surface area (Å²) in [6, 6.07) is 7.72. The molecule has 1 heterocycles. The van der Waals surface area contributed by atoms with Gasteiger partial charge in [-0.2, -0.15) is 5.26 Å². The number of hydrogen-bond donors (Lipinski definition) is 0. The molecule has 0 amide bonds. The zero-order valence-electron chi connectivity index (χ0n) is 10.5. The van der Waals surface area contributed by atoms with Crippen LogP contribution < -0.4 is 9.47 Å². The fourth-order valence-corrected chi connectivity index (χ4v) is 2.00. The van der Waals surface area contributed by atoms with Gasteiger partial charge in [0.25, 0.3) is 0 Å². The number of benzene rings is 1. The molecule has 18 heavy (non-hydrogen) atoms. The molecule has 1 saturated heterocycles. The van der Waals surface area contributed by atoms with E-state index in [2.05, 4.69) is 6.07 Å². The van der Waals surface area contributed by atoms with Crippen molar-refractivity contribution in [3.8, 4) is 17.6 Å². The Balaban J connectivity index is 2.12. The summed E-state index contributed by atoms with van der Waals surface area (Å²) < 4.78 is 16.6. The van der Waals surface area contributed by atoms with Crippen LogP contribution in [0.3, 0.4) is 0 Å². The molecule has 4 nitrogen and oxygen atoms in total. The van der Waals surface area contributed by atoms with Gasteiger partial charge in [-0.1, -0.05) is 6.07 Å². The zero-order valence-corrected chi connectivity index (χ0v) is 10.5. The fourth-order valence-electron chi connectivity index (χ4n) is 2.00. The average molecular weight is 247 g/mol. The molecule has 0 aliphatic carbocycles. The normalized spacial score (nSPS) is 19.0. The number of nitrogens with zero attached hydrogens (tertiary/aromatic N) is 1. The molecule has 1 aliphatic rings. The first-order valence-electron chi connectivity index (χ1n) is 6.11. The van der Waals surface area contributed by atoms with Crippen molar-refractivity contribution in [2.24, 2.45) is 0 Å². The molecule has 4 heteroatoms. The van der Waals surface area contributed by atoms with Crippen molar-refractivity contribution >= 4 is 0 Å². The summed E-state index contributed by atoms with van der Waals surface area (Å²) in [6.45, 7) is 1.43. The van der Waals surface area contributed by atoms with Crippen LogP contribution in [0.2, 0.25) is 0 Å². The minimum Gasteiger partial charge on any atom is -0.493 e. The van der Waals surface area contributed by atoms with Gasteiger partial charge in [-0.3, -0.25) is 0 Å². The molecule has 0 N–H and O–H groups in total. The topological polar surface area (TPSA) is 51.5 Å². The van der Waals surface area contributed by atoms with Gasteiger partial charge in [-0.05, 0) is 30.5 Å². The highest BCUT2D eigenvalue weighted by Gasteiger charge is 2.17. The Morgan fingerprint density at radius 1 is 1.44 bits per heavy atom. The molecule has 0 saturated carbocycles. The van der Waals surface area contributed by atoms with Crippen LogP contribution in [-0.4, -0.2) is 26.4 Å². The van der Waals surface area contributed by atoms with E-state index in [1.165, 1.54) is 0 Å². The monoisotopic (exact) mass is 247 g/mol.